The molecule has 1 aromatic carbocycles. The van der Waals surface area contributed by atoms with E-state index in [1.54, 1.807) is 18.2 Å². The van der Waals surface area contributed by atoms with Crippen LogP contribution in [-0.2, 0) is 11.3 Å². The van der Waals surface area contributed by atoms with Crippen molar-refractivity contribution in [3.8, 4) is 0 Å². The van der Waals surface area contributed by atoms with Crippen LogP contribution in [-0.4, -0.2) is 35.0 Å². The molecule has 0 aliphatic carbocycles. The number of piperidine rings is 1. The van der Waals surface area contributed by atoms with Crippen LogP contribution in [0.25, 0.3) is 0 Å². The lowest BCUT2D eigenvalue weighted by Gasteiger charge is -2.34. The number of nitrogens with zero attached hydrogens (tertiary/aromatic N) is 1. The van der Waals surface area contributed by atoms with Crippen molar-refractivity contribution in [3.05, 3.63) is 29.3 Å². The van der Waals surface area contributed by atoms with E-state index in [2.05, 4.69) is 0 Å². The predicted molar refractivity (Wildman–Crippen MR) is 71.7 cm³/mol. The summed E-state index contributed by atoms with van der Waals surface area (Å²) in [5.74, 6) is -1.14. The van der Waals surface area contributed by atoms with E-state index >= 15 is 0 Å². The van der Waals surface area contributed by atoms with Gasteiger partial charge in [0.2, 0.25) is 5.91 Å². The zero-order valence-corrected chi connectivity index (χ0v) is 11.5. The molecule has 3 rings (SSSR count). The molecule has 1 aromatic rings. The number of nitrogens with two attached hydrogens (primary N) is 1. The Morgan fingerprint density at radius 1 is 1.23 bits per heavy atom. The second kappa shape index (κ2) is 4.89. The molecule has 0 spiro atoms. The molecular weight excluding hydrogens is 299 g/mol. The Bertz CT molecular complexity index is 645. The minimum absolute atomic E-state index is 0.0182. The van der Waals surface area contributed by atoms with Gasteiger partial charge in [-0.2, -0.15) is 13.2 Å². The molecule has 2 aliphatic rings. The Kier molecular flexibility index (Phi) is 3.26. The summed E-state index contributed by atoms with van der Waals surface area (Å²) in [5.41, 5.74) is 7.29. The van der Waals surface area contributed by atoms with Crippen LogP contribution in [0.3, 0.4) is 0 Å². The number of amides is 2. The molecule has 2 atom stereocenters. The Morgan fingerprint density at radius 3 is 2.55 bits per heavy atom. The van der Waals surface area contributed by atoms with Crippen molar-refractivity contribution in [3.63, 3.8) is 0 Å². The van der Waals surface area contributed by atoms with E-state index in [0.717, 1.165) is 0 Å². The van der Waals surface area contributed by atoms with Gasteiger partial charge in [-0.25, -0.2) is 0 Å². The fourth-order valence-electron chi connectivity index (χ4n) is 2.97. The van der Waals surface area contributed by atoms with E-state index in [1.807, 2.05) is 5.32 Å². The molecule has 1 saturated heterocycles. The van der Waals surface area contributed by atoms with Gasteiger partial charge in [0, 0.05) is 23.4 Å². The Balaban J connectivity index is 1.79. The number of benzene rings is 1. The first-order chi connectivity index (χ1) is 10.3. The zero-order chi connectivity index (χ0) is 16.1. The van der Waals surface area contributed by atoms with Gasteiger partial charge < -0.3 is 16.0 Å². The summed E-state index contributed by atoms with van der Waals surface area (Å²) >= 11 is 0. The molecule has 3 N–H and O–H groups in total. The lowest BCUT2D eigenvalue weighted by molar-refractivity contribution is -0.170. The number of carbonyl (C=O) groups excluding carboxylic acids is 2. The lowest BCUT2D eigenvalue weighted by Crippen LogP contribution is -2.58. The number of anilines is 1. The topological polar surface area (TPSA) is 75.4 Å². The van der Waals surface area contributed by atoms with Crippen molar-refractivity contribution in [2.24, 2.45) is 0 Å². The number of nitrogen functional groups attached to an aromatic ring is 1. The maximum absolute atomic E-state index is 12.7. The van der Waals surface area contributed by atoms with Gasteiger partial charge in [0.15, 0.2) is 0 Å². The molecule has 118 valence electrons. The Labute approximate surface area is 124 Å². The van der Waals surface area contributed by atoms with Crippen molar-refractivity contribution in [1.29, 1.82) is 0 Å². The van der Waals surface area contributed by atoms with E-state index in [4.69, 9.17) is 5.73 Å². The Hall–Kier alpha value is -2.25. The van der Waals surface area contributed by atoms with Gasteiger partial charge in [-0.05, 0) is 25.0 Å². The first kappa shape index (κ1) is 14.7. The fraction of sp³-hybridized carbons (Fsp3) is 0.429. The SMILES string of the molecule is Nc1cccc2c1CN(C1CCC(C(F)(F)F)NC1=O)C2=O. The molecule has 8 heteroatoms. The monoisotopic (exact) mass is 313 g/mol. The third kappa shape index (κ3) is 2.28. The quantitative estimate of drug-likeness (QED) is 0.770. The van der Waals surface area contributed by atoms with E-state index in [0.29, 0.717) is 16.8 Å². The number of rotatable bonds is 1. The number of halogens is 3. The number of carbonyl (C=O) groups is 2. The molecular formula is C14H14F3N3O2. The van der Waals surface area contributed by atoms with Crippen molar-refractivity contribution in [1.82, 2.24) is 10.2 Å². The van der Waals surface area contributed by atoms with Gasteiger partial charge in [-0.15, -0.1) is 0 Å². The van der Waals surface area contributed by atoms with Crippen LogP contribution >= 0.6 is 0 Å². The number of fused-ring (bicyclic) bond motifs is 1. The molecule has 0 saturated carbocycles. The number of hydrogen-bond donors (Lipinski definition) is 2. The van der Waals surface area contributed by atoms with E-state index < -0.39 is 24.2 Å². The highest BCUT2D eigenvalue weighted by atomic mass is 19.4. The third-order valence-corrected chi connectivity index (χ3v) is 4.15. The maximum Gasteiger partial charge on any atom is 0.408 e. The van der Waals surface area contributed by atoms with E-state index in [-0.39, 0.29) is 25.3 Å². The van der Waals surface area contributed by atoms with Crippen molar-refractivity contribution >= 4 is 17.5 Å². The molecule has 22 heavy (non-hydrogen) atoms. The lowest BCUT2D eigenvalue weighted by atomic mass is 9.98. The summed E-state index contributed by atoms with van der Waals surface area (Å²) in [6, 6.07) is 2.15. The van der Waals surface area contributed by atoms with Crippen LogP contribution in [0.15, 0.2) is 18.2 Å². The highest BCUT2D eigenvalue weighted by Crippen LogP contribution is 2.33. The van der Waals surface area contributed by atoms with Gasteiger partial charge in [-0.3, -0.25) is 9.59 Å². The number of alkyl halides is 3. The second-order valence-corrected chi connectivity index (χ2v) is 5.50. The van der Waals surface area contributed by atoms with Gasteiger partial charge in [0.05, 0.1) is 0 Å². The summed E-state index contributed by atoms with van der Waals surface area (Å²) in [6.07, 6.45) is -4.73. The zero-order valence-electron chi connectivity index (χ0n) is 11.5. The van der Waals surface area contributed by atoms with Crippen LogP contribution in [0.1, 0.15) is 28.8 Å². The smallest absolute Gasteiger partial charge is 0.398 e. The predicted octanol–water partition coefficient (Wildman–Crippen LogP) is 1.43. The normalized spacial score (nSPS) is 25.1. The molecule has 0 aromatic heterocycles. The summed E-state index contributed by atoms with van der Waals surface area (Å²) in [5, 5.41) is 1.96. The first-order valence-electron chi connectivity index (χ1n) is 6.84. The van der Waals surface area contributed by atoms with Gasteiger partial charge in [0.1, 0.15) is 12.1 Å². The van der Waals surface area contributed by atoms with Crippen LogP contribution in [0.5, 0.6) is 0 Å². The third-order valence-electron chi connectivity index (χ3n) is 4.15. The minimum atomic E-state index is -4.47. The molecule has 2 amide bonds. The molecule has 2 heterocycles. The van der Waals surface area contributed by atoms with Crippen molar-refractivity contribution in [2.45, 2.75) is 37.6 Å². The van der Waals surface area contributed by atoms with Gasteiger partial charge >= 0.3 is 6.18 Å². The van der Waals surface area contributed by atoms with Gasteiger partial charge in [-0.1, -0.05) is 6.07 Å². The van der Waals surface area contributed by atoms with E-state index in [1.165, 1.54) is 4.90 Å². The van der Waals surface area contributed by atoms with Crippen molar-refractivity contribution in [2.75, 3.05) is 5.73 Å². The molecule has 2 unspecified atom stereocenters. The highest BCUT2D eigenvalue weighted by Gasteiger charge is 2.47. The summed E-state index contributed by atoms with van der Waals surface area (Å²) in [4.78, 5) is 25.6. The molecule has 5 nitrogen and oxygen atoms in total. The summed E-state index contributed by atoms with van der Waals surface area (Å²) in [6.45, 7) is 0.148. The molecule has 0 radical (unpaired) electrons. The average molecular weight is 313 g/mol. The van der Waals surface area contributed by atoms with Crippen LogP contribution < -0.4 is 11.1 Å². The minimum Gasteiger partial charge on any atom is -0.398 e. The average Bonchev–Trinajstić information content (AvgIpc) is 2.77. The number of hydrogen-bond acceptors (Lipinski definition) is 3. The first-order valence-corrected chi connectivity index (χ1v) is 6.84. The van der Waals surface area contributed by atoms with Crippen molar-refractivity contribution < 1.29 is 22.8 Å². The van der Waals surface area contributed by atoms with Crippen LogP contribution in [0.4, 0.5) is 18.9 Å². The largest absolute Gasteiger partial charge is 0.408 e. The molecule has 2 aliphatic heterocycles. The number of nitrogens with one attached hydrogen (secondary N) is 1. The molecule has 0 bridgehead atoms. The van der Waals surface area contributed by atoms with Crippen LogP contribution in [0.2, 0.25) is 0 Å². The standard InChI is InChI=1S/C14H14F3N3O2/c15-14(16,17)11-5-4-10(12(21)19-11)20-6-8-7(13(20)22)2-1-3-9(8)18/h1-3,10-11H,4-6,18H2,(H,19,21). The van der Waals surface area contributed by atoms with E-state index in [9.17, 15) is 22.8 Å². The highest BCUT2D eigenvalue weighted by molar-refractivity contribution is 6.02. The van der Waals surface area contributed by atoms with Crippen LogP contribution in [0, 0.1) is 0 Å². The summed E-state index contributed by atoms with van der Waals surface area (Å²) in [7, 11) is 0. The van der Waals surface area contributed by atoms with Gasteiger partial charge in [0.25, 0.3) is 5.91 Å². The fourth-order valence-corrected chi connectivity index (χ4v) is 2.97. The molecule has 1 fully saturated rings. The second-order valence-electron chi connectivity index (χ2n) is 5.50. The summed E-state index contributed by atoms with van der Waals surface area (Å²) < 4.78 is 38.0. The maximum atomic E-state index is 12.7. The Morgan fingerprint density at radius 2 is 1.95 bits per heavy atom.